The molecule has 6 nitrogen and oxygen atoms in total. The second-order valence-electron chi connectivity index (χ2n) is 3.27. The van der Waals surface area contributed by atoms with E-state index in [2.05, 4.69) is 4.98 Å². The van der Waals surface area contributed by atoms with Crippen molar-refractivity contribution in [3.05, 3.63) is 11.5 Å². The van der Waals surface area contributed by atoms with Crippen LogP contribution in [0.2, 0.25) is 0 Å². The number of nitrogen functional groups attached to an aromatic ring is 1. The molecule has 14 heavy (non-hydrogen) atoms. The highest BCUT2D eigenvalue weighted by Gasteiger charge is 2.26. The maximum Gasteiger partial charge on any atom is 0.292 e. The van der Waals surface area contributed by atoms with E-state index in [1.54, 1.807) is 0 Å². The standard InChI is InChI=1S/C7H11N3O3S/c1-14(11,12)10-3-2-6-5(4-10)9-7(8)13-6/h2-4H2,1H3,(H2,8,9). The Hall–Kier alpha value is -1.08. The molecule has 0 saturated heterocycles. The minimum absolute atomic E-state index is 0.102. The Morgan fingerprint density at radius 2 is 2.29 bits per heavy atom. The maximum atomic E-state index is 11.2. The molecule has 0 unspecified atom stereocenters. The zero-order valence-corrected chi connectivity index (χ0v) is 8.54. The molecule has 1 aliphatic rings. The molecule has 2 N–H and O–H groups in total. The van der Waals surface area contributed by atoms with E-state index in [1.165, 1.54) is 10.6 Å². The van der Waals surface area contributed by atoms with Crippen LogP contribution in [0.5, 0.6) is 0 Å². The highest BCUT2D eigenvalue weighted by molar-refractivity contribution is 7.88. The van der Waals surface area contributed by atoms with Crippen molar-refractivity contribution in [1.82, 2.24) is 9.29 Å². The average Bonchev–Trinajstić information content (AvgIpc) is 2.41. The van der Waals surface area contributed by atoms with Gasteiger partial charge in [-0.15, -0.1) is 0 Å². The summed E-state index contributed by atoms with van der Waals surface area (Å²) < 4.78 is 28.9. The summed E-state index contributed by atoms with van der Waals surface area (Å²) >= 11 is 0. The third-order valence-electron chi connectivity index (χ3n) is 2.18. The molecule has 0 radical (unpaired) electrons. The fourth-order valence-corrected chi connectivity index (χ4v) is 2.26. The summed E-state index contributed by atoms with van der Waals surface area (Å²) in [5, 5.41) is 0. The van der Waals surface area contributed by atoms with Crippen LogP contribution in [0.3, 0.4) is 0 Å². The van der Waals surface area contributed by atoms with Crippen molar-refractivity contribution >= 4 is 16.0 Å². The van der Waals surface area contributed by atoms with Crippen molar-refractivity contribution in [3.8, 4) is 0 Å². The van der Waals surface area contributed by atoms with Crippen LogP contribution in [0.25, 0.3) is 0 Å². The summed E-state index contributed by atoms with van der Waals surface area (Å²) in [6.45, 7) is 0.690. The van der Waals surface area contributed by atoms with E-state index in [4.69, 9.17) is 10.2 Å². The number of hydrogen-bond acceptors (Lipinski definition) is 5. The lowest BCUT2D eigenvalue weighted by Crippen LogP contribution is -2.34. The summed E-state index contributed by atoms with van der Waals surface area (Å²) in [6.07, 6.45) is 1.72. The Kier molecular flexibility index (Phi) is 2.00. The van der Waals surface area contributed by atoms with Gasteiger partial charge in [0.15, 0.2) is 0 Å². The molecular weight excluding hydrogens is 206 g/mol. The SMILES string of the molecule is CS(=O)(=O)N1CCc2oc(N)nc2C1. The Bertz CT molecular complexity index is 451. The first-order chi connectivity index (χ1) is 6.47. The van der Waals surface area contributed by atoms with Gasteiger partial charge in [-0.1, -0.05) is 0 Å². The van der Waals surface area contributed by atoms with Gasteiger partial charge in [0, 0.05) is 13.0 Å². The van der Waals surface area contributed by atoms with Gasteiger partial charge < -0.3 is 10.2 Å². The minimum Gasteiger partial charge on any atom is -0.429 e. The van der Waals surface area contributed by atoms with E-state index in [9.17, 15) is 8.42 Å². The Morgan fingerprint density at radius 1 is 1.57 bits per heavy atom. The van der Waals surface area contributed by atoms with Gasteiger partial charge in [0.25, 0.3) is 6.01 Å². The van der Waals surface area contributed by atoms with Gasteiger partial charge in [0.05, 0.1) is 18.5 Å². The number of hydrogen-bond donors (Lipinski definition) is 1. The number of nitrogens with zero attached hydrogens (tertiary/aromatic N) is 2. The predicted molar refractivity (Wildman–Crippen MR) is 49.9 cm³/mol. The van der Waals surface area contributed by atoms with Crippen LogP contribution in [0.1, 0.15) is 11.5 Å². The van der Waals surface area contributed by atoms with E-state index < -0.39 is 10.0 Å². The first-order valence-corrected chi connectivity index (χ1v) is 6.01. The minimum atomic E-state index is -3.15. The summed E-state index contributed by atoms with van der Waals surface area (Å²) in [7, 11) is -3.15. The van der Waals surface area contributed by atoms with Gasteiger partial charge in [-0.05, 0) is 0 Å². The van der Waals surface area contributed by atoms with E-state index in [-0.39, 0.29) is 12.6 Å². The Morgan fingerprint density at radius 3 is 2.93 bits per heavy atom. The number of rotatable bonds is 1. The monoisotopic (exact) mass is 217 g/mol. The summed E-state index contributed by atoms with van der Waals surface area (Å²) in [4.78, 5) is 3.92. The van der Waals surface area contributed by atoms with E-state index in [0.29, 0.717) is 24.4 Å². The fourth-order valence-electron chi connectivity index (χ4n) is 1.48. The smallest absolute Gasteiger partial charge is 0.292 e. The predicted octanol–water partition coefficient (Wildman–Crippen LogP) is -0.426. The number of sulfonamides is 1. The van der Waals surface area contributed by atoms with Crippen molar-refractivity contribution in [2.75, 3.05) is 18.5 Å². The zero-order valence-electron chi connectivity index (χ0n) is 7.73. The molecule has 2 heterocycles. The first kappa shape index (κ1) is 9.47. The number of aromatic nitrogens is 1. The van der Waals surface area contributed by atoms with Gasteiger partial charge in [-0.25, -0.2) is 8.42 Å². The first-order valence-electron chi connectivity index (χ1n) is 4.16. The van der Waals surface area contributed by atoms with Crippen LogP contribution in [0, 0.1) is 0 Å². The third-order valence-corrected chi connectivity index (χ3v) is 3.43. The normalized spacial score (nSPS) is 18.1. The van der Waals surface area contributed by atoms with Crippen molar-refractivity contribution in [2.45, 2.75) is 13.0 Å². The third kappa shape index (κ3) is 1.60. The topological polar surface area (TPSA) is 89.4 Å². The molecule has 0 amide bonds. The second kappa shape index (κ2) is 2.96. The molecule has 1 aromatic rings. The van der Waals surface area contributed by atoms with Gasteiger partial charge in [-0.3, -0.25) is 0 Å². The van der Waals surface area contributed by atoms with Crippen LogP contribution in [0.15, 0.2) is 4.42 Å². The van der Waals surface area contributed by atoms with E-state index in [1.807, 2.05) is 0 Å². The van der Waals surface area contributed by atoms with Crippen LogP contribution in [0.4, 0.5) is 6.01 Å². The molecule has 0 aromatic carbocycles. The molecular formula is C7H11N3O3S. The maximum absolute atomic E-state index is 11.2. The molecule has 0 fully saturated rings. The summed E-state index contributed by atoms with van der Waals surface area (Å²) in [6, 6.07) is 0.102. The highest BCUT2D eigenvalue weighted by atomic mass is 32.2. The molecule has 1 aliphatic heterocycles. The molecule has 0 saturated carbocycles. The molecule has 78 valence electrons. The average molecular weight is 217 g/mol. The molecule has 2 rings (SSSR count). The highest BCUT2D eigenvalue weighted by Crippen LogP contribution is 2.21. The van der Waals surface area contributed by atoms with Crippen molar-refractivity contribution < 1.29 is 12.8 Å². The van der Waals surface area contributed by atoms with Gasteiger partial charge in [-0.2, -0.15) is 9.29 Å². The fraction of sp³-hybridized carbons (Fsp3) is 0.571. The van der Waals surface area contributed by atoms with Crippen molar-refractivity contribution in [1.29, 1.82) is 0 Å². The largest absolute Gasteiger partial charge is 0.429 e. The van der Waals surface area contributed by atoms with Crippen LogP contribution in [-0.2, 0) is 23.0 Å². The van der Waals surface area contributed by atoms with Gasteiger partial charge in [0.2, 0.25) is 10.0 Å². The molecule has 0 spiro atoms. The quantitative estimate of drug-likeness (QED) is 0.689. The molecule has 0 bridgehead atoms. The lowest BCUT2D eigenvalue weighted by molar-refractivity contribution is 0.365. The van der Waals surface area contributed by atoms with Crippen LogP contribution in [-0.4, -0.2) is 30.5 Å². The number of oxazole rings is 1. The van der Waals surface area contributed by atoms with Gasteiger partial charge in [0.1, 0.15) is 5.76 Å². The lowest BCUT2D eigenvalue weighted by Gasteiger charge is -2.22. The second-order valence-corrected chi connectivity index (χ2v) is 5.25. The molecule has 1 aromatic heterocycles. The molecule has 0 aliphatic carbocycles. The number of anilines is 1. The van der Waals surface area contributed by atoms with Crippen molar-refractivity contribution in [3.63, 3.8) is 0 Å². The zero-order chi connectivity index (χ0) is 10.3. The molecule has 0 atom stereocenters. The van der Waals surface area contributed by atoms with Crippen LogP contribution >= 0.6 is 0 Å². The van der Waals surface area contributed by atoms with Crippen molar-refractivity contribution in [2.24, 2.45) is 0 Å². The summed E-state index contributed by atoms with van der Waals surface area (Å²) in [5.74, 6) is 0.697. The Labute approximate surface area is 81.8 Å². The lowest BCUT2D eigenvalue weighted by atomic mass is 10.2. The summed E-state index contributed by atoms with van der Waals surface area (Å²) in [5.41, 5.74) is 5.99. The van der Waals surface area contributed by atoms with Crippen LogP contribution < -0.4 is 5.73 Å². The van der Waals surface area contributed by atoms with Gasteiger partial charge >= 0.3 is 0 Å². The molecule has 7 heteroatoms. The van der Waals surface area contributed by atoms with E-state index >= 15 is 0 Å². The number of nitrogens with two attached hydrogens (primary N) is 1. The number of fused-ring (bicyclic) bond motifs is 1. The Balaban J connectivity index is 2.30. The van der Waals surface area contributed by atoms with E-state index in [0.717, 1.165) is 0 Å².